The molecule has 4 atom stereocenters. The standard InChI is InChI=1S/C24H30O8/c1-16(14-24(27)32-18(3)22-6-5-13-29-22)31-23(26)12-11-21(25)17(2)30-15-19-7-9-20(28-4)10-8-19/h5-13,16-18,21,25H,14-15H2,1-4H3/b12-11+/t16-,17-,18-,21+/m0/s1. The monoisotopic (exact) mass is 446 g/mol. The lowest BCUT2D eigenvalue weighted by atomic mass is 10.2. The maximum Gasteiger partial charge on any atom is 0.330 e. The van der Waals surface area contributed by atoms with Gasteiger partial charge in [-0.05, 0) is 56.7 Å². The van der Waals surface area contributed by atoms with Crippen molar-refractivity contribution in [2.45, 2.75) is 58.2 Å². The molecule has 0 amide bonds. The average molecular weight is 446 g/mol. The van der Waals surface area contributed by atoms with Gasteiger partial charge in [0.05, 0.1) is 38.6 Å². The molecule has 2 aromatic rings. The molecule has 174 valence electrons. The molecule has 0 spiro atoms. The van der Waals surface area contributed by atoms with Crippen molar-refractivity contribution in [3.63, 3.8) is 0 Å². The van der Waals surface area contributed by atoms with Gasteiger partial charge in [0.2, 0.25) is 0 Å². The van der Waals surface area contributed by atoms with Crippen molar-refractivity contribution in [3.05, 3.63) is 66.1 Å². The van der Waals surface area contributed by atoms with Crippen LogP contribution in [0.25, 0.3) is 0 Å². The van der Waals surface area contributed by atoms with E-state index in [4.69, 9.17) is 23.4 Å². The Bertz CT molecular complexity index is 857. The summed E-state index contributed by atoms with van der Waals surface area (Å²) in [5.74, 6) is 0.0885. The van der Waals surface area contributed by atoms with Crippen LogP contribution in [0.4, 0.5) is 0 Å². The number of benzene rings is 1. The van der Waals surface area contributed by atoms with E-state index in [2.05, 4.69) is 0 Å². The Morgan fingerprint density at radius 1 is 1.09 bits per heavy atom. The minimum atomic E-state index is -1.00. The number of carbonyl (C=O) groups excluding carboxylic acids is 2. The maximum atomic E-state index is 12.0. The first kappa shape index (κ1) is 25.2. The van der Waals surface area contributed by atoms with Crippen molar-refractivity contribution < 1.29 is 38.1 Å². The fourth-order valence-electron chi connectivity index (χ4n) is 2.72. The number of rotatable bonds is 12. The lowest BCUT2D eigenvalue weighted by Crippen LogP contribution is -2.24. The highest BCUT2D eigenvalue weighted by atomic mass is 16.6. The van der Waals surface area contributed by atoms with Crippen LogP contribution in [0.1, 0.15) is 44.6 Å². The summed E-state index contributed by atoms with van der Waals surface area (Å²) in [6.45, 7) is 5.27. The van der Waals surface area contributed by atoms with Crippen molar-refractivity contribution in [1.82, 2.24) is 0 Å². The first-order valence-electron chi connectivity index (χ1n) is 10.3. The molecule has 0 fully saturated rings. The summed E-state index contributed by atoms with van der Waals surface area (Å²) >= 11 is 0. The molecule has 0 saturated carbocycles. The van der Waals surface area contributed by atoms with Gasteiger partial charge in [-0.3, -0.25) is 4.79 Å². The molecule has 0 saturated heterocycles. The van der Waals surface area contributed by atoms with Gasteiger partial charge in [-0.1, -0.05) is 12.1 Å². The third kappa shape index (κ3) is 8.56. The van der Waals surface area contributed by atoms with Crippen molar-refractivity contribution >= 4 is 11.9 Å². The Balaban J connectivity index is 1.70. The third-order valence-corrected chi connectivity index (χ3v) is 4.61. The van der Waals surface area contributed by atoms with Gasteiger partial charge in [0.1, 0.15) is 17.6 Å². The predicted octanol–water partition coefficient (Wildman–Crippen LogP) is 3.74. The van der Waals surface area contributed by atoms with Crippen molar-refractivity contribution in [2.24, 2.45) is 0 Å². The zero-order chi connectivity index (χ0) is 23.5. The lowest BCUT2D eigenvalue weighted by molar-refractivity contribution is -0.155. The first-order valence-corrected chi connectivity index (χ1v) is 10.3. The van der Waals surface area contributed by atoms with Crippen LogP contribution in [0.2, 0.25) is 0 Å². The maximum absolute atomic E-state index is 12.0. The SMILES string of the molecule is COc1ccc(CO[C@@H](C)[C@H](O)/C=C/C(=O)O[C@@H](C)CC(=O)O[C@@H](C)c2ccco2)cc1. The second-order valence-corrected chi connectivity index (χ2v) is 7.31. The highest BCUT2D eigenvalue weighted by molar-refractivity contribution is 5.82. The van der Waals surface area contributed by atoms with Crippen LogP contribution in [0, 0.1) is 0 Å². The van der Waals surface area contributed by atoms with Crippen LogP contribution in [0.3, 0.4) is 0 Å². The molecule has 1 aromatic heterocycles. The van der Waals surface area contributed by atoms with Gasteiger partial charge in [0.15, 0.2) is 6.10 Å². The molecular weight excluding hydrogens is 416 g/mol. The number of furan rings is 1. The van der Waals surface area contributed by atoms with Crippen molar-refractivity contribution in [3.8, 4) is 5.75 Å². The summed E-state index contributed by atoms with van der Waals surface area (Å²) in [4.78, 5) is 24.0. The van der Waals surface area contributed by atoms with Gasteiger partial charge in [-0.25, -0.2) is 4.79 Å². The summed E-state index contributed by atoms with van der Waals surface area (Å²) in [5.41, 5.74) is 0.926. The number of hydrogen-bond donors (Lipinski definition) is 1. The summed E-state index contributed by atoms with van der Waals surface area (Å²) in [6, 6.07) is 10.8. The zero-order valence-corrected chi connectivity index (χ0v) is 18.7. The summed E-state index contributed by atoms with van der Waals surface area (Å²) in [5, 5.41) is 10.2. The van der Waals surface area contributed by atoms with E-state index in [0.717, 1.165) is 17.4 Å². The quantitative estimate of drug-likeness (QED) is 0.388. The van der Waals surface area contributed by atoms with E-state index in [1.165, 1.54) is 12.3 Å². The Morgan fingerprint density at radius 3 is 2.44 bits per heavy atom. The van der Waals surface area contributed by atoms with E-state index >= 15 is 0 Å². The van der Waals surface area contributed by atoms with Crippen LogP contribution in [-0.4, -0.2) is 42.5 Å². The Hall–Kier alpha value is -3.10. The number of aliphatic hydroxyl groups is 1. The number of aliphatic hydroxyl groups excluding tert-OH is 1. The van der Waals surface area contributed by atoms with Crippen LogP contribution in [0.5, 0.6) is 5.75 Å². The van der Waals surface area contributed by atoms with Gasteiger partial charge in [0.25, 0.3) is 0 Å². The largest absolute Gasteiger partial charge is 0.497 e. The fourth-order valence-corrected chi connectivity index (χ4v) is 2.72. The number of esters is 2. The van der Waals surface area contributed by atoms with Gasteiger partial charge < -0.3 is 28.5 Å². The van der Waals surface area contributed by atoms with Crippen LogP contribution < -0.4 is 4.74 Å². The molecule has 2 rings (SSSR count). The molecule has 32 heavy (non-hydrogen) atoms. The van der Waals surface area contributed by atoms with Crippen LogP contribution in [0.15, 0.2) is 59.2 Å². The summed E-state index contributed by atoms with van der Waals surface area (Å²) in [6.07, 6.45) is 1.03. The number of carbonyl (C=O) groups is 2. The summed E-state index contributed by atoms with van der Waals surface area (Å²) in [7, 11) is 1.59. The van der Waals surface area contributed by atoms with Gasteiger partial charge >= 0.3 is 11.9 Å². The molecule has 8 heteroatoms. The van der Waals surface area contributed by atoms with E-state index in [9.17, 15) is 14.7 Å². The minimum absolute atomic E-state index is 0.103. The number of hydrogen-bond acceptors (Lipinski definition) is 8. The number of methoxy groups -OCH3 is 1. The van der Waals surface area contributed by atoms with Crippen molar-refractivity contribution in [2.75, 3.05) is 7.11 Å². The van der Waals surface area contributed by atoms with Crippen LogP contribution >= 0.6 is 0 Å². The second kappa shape index (κ2) is 12.7. The zero-order valence-electron chi connectivity index (χ0n) is 18.7. The molecule has 8 nitrogen and oxygen atoms in total. The highest BCUT2D eigenvalue weighted by Crippen LogP contribution is 2.18. The van der Waals surface area contributed by atoms with E-state index in [0.29, 0.717) is 12.4 Å². The molecule has 0 radical (unpaired) electrons. The van der Waals surface area contributed by atoms with E-state index in [1.807, 2.05) is 24.3 Å². The summed E-state index contributed by atoms with van der Waals surface area (Å²) < 4.78 is 26.3. The molecule has 0 aliphatic rings. The Morgan fingerprint density at radius 2 is 1.81 bits per heavy atom. The highest BCUT2D eigenvalue weighted by Gasteiger charge is 2.19. The lowest BCUT2D eigenvalue weighted by Gasteiger charge is -2.17. The molecule has 1 aromatic carbocycles. The molecule has 0 aliphatic heterocycles. The number of ether oxygens (including phenoxy) is 4. The van der Waals surface area contributed by atoms with Crippen LogP contribution in [-0.2, 0) is 30.4 Å². The average Bonchev–Trinajstić information content (AvgIpc) is 3.31. The first-order chi connectivity index (χ1) is 15.3. The molecule has 1 N–H and O–H groups in total. The topological polar surface area (TPSA) is 104 Å². The molecule has 0 unspecified atom stereocenters. The fraction of sp³-hybridized carbons (Fsp3) is 0.417. The van der Waals surface area contributed by atoms with Gasteiger partial charge in [-0.15, -0.1) is 0 Å². The van der Waals surface area contributed by atoms with E-state index < -0.39 is 36.4 Å². The molecule has 0 bridgehead atoms. The smallest absolute Gasteiger partial charge is 0.330 e. The molecular formula is C24H30O8. The van der Waals surface area contributed by atoms with E-state index in [-0.39, 0.29) is 6.42 Å². The van der Waals surface area contributed by atoms with Crippen molar-refractivity contribution in [1.29, 1.82) is 0 Å². The minimum Gasteiger partial charge on any atom is -0.497 e. The van der Waals surface area contributed by atoms with E-state index in [1.54, 1.807) is 40.0 Å². The predicted molar refractivity (Wildman–Crippen MR) is 116 cm³/mol. The van der Waals surface area contributed by atoms with Gasteiger partial charge in [-0.2, -0.15) is 0 Å². The normalized spacial score (nSPS) is 15.0. The second-order valence-electron chi connectivity index (χ2n) is 7.31. The van der Waals surface area contributed by atoms with Gasteiger partial charge in [0, 0.05) is 6.08 Å². The Labute approximate surface area is 187 Å². The molecule has 0 aliphatic carbocycles. The third-order valence-electron chi connectivity index (χ3n) is 4.61. The molecule has 1 heterocycles. The Kier molecular flexibility index (Phi) is 9.97.